The highest BCUT2D eigenvalue weighted by Gasteiger charge is 2.75. The van der Waals surface area contributed by atoms with Gasteiger partial charge in [0.05, 0.1) is 30.3 Å². The number of aromatic nitrogens is 2. The van der Waals surface area contributed by atoms with Gasteiger partial charge in [-0.3, -0.25) is 14.9 Å². The molecule has 15 heteroatoms. The standard InChI is InChI=1S/C28H38N10O5/c1-14-8-10-31-21(33-14)23(40)32-12-17-20-28(38(42)25(30)36-20)27(4,41)18(13-37(28)24(29)34-17)35-22(39)15-6-5-7-16-19(15)43-11-9-26(16,2)3/h5-8,10,17-18,20,25,36,41-42H,9,11-13,30H2,1-4H3,(H2,29,34)(H,32,40)(H,35,39)/t17-,18?,20?,25?,27-,28?/m0/s1. The van der Waals surface area contributed by atoms with Gasteiger partial charge in [0.15, 0.2) is 11.6 Å². The summed E-state index contributed by atoms with van der Waals surface area (Å²) in [6, 6.07) is 4.64. The normalized spacial score (nSPS) is 32.6. The Hall–Kier alpha value is -3.89. The van der Waals surface area contributed by atoms with E-state index in [2.05, 4.69) is 44.8 Å². The molecule has 0 radical (unpaired) electrons. The Labute approximate surface area is 248 Å². The first-order chi connectivity index (χ1) is 20.3. The molecule has 6 atom stereocenters. The topological polar surface area (TPSA) is 217 Å². The number of benzene rings is 1. The van der Waals surface area contributed by atoms with Gasteiger partial charge in [0.2, 0.25) is 5.82 Å². The van der Waals surface area contributed by atoms with E-state index >= 15 is 0 Å². The zero-order valence-electron chi connectivity index (χ0n) is 24.5. The fourth-order valence-corrected chi connectivity index (χ4v) is 6.92. The van der Waals surface area contributed by atoms with E-state index in [-0.39, 0.29) is 30.3 Å². The van der Waals surface area contributed by atoms with Crippen LogP contribution in [-0.4, -0.2) is 103 Å². The SMILES string of the molecule is Cc1ccnc(C(=O)NC[C@@H]2N=C(N)N3CC(NC(=O)c4cccc5c4OCCC5(C)C)[C@](C)(O)C34C2NC(N)N4O)n1. The Balaban J connectivity index is 1.29. The molecule has 1 spiro atoms. The van der Waals surface area contributed by atoms with Crippen molar-refractivity contribution in [3.05, 3.63) is 53.1 Å². The molecule has 0 bridgehead atoms. The molecule has 230 valence electrons. The van der Waals surface area contributed by atoms with Gasteiger partial charge in [0.25, 0.3) is 11.8 Å². The van der Waals surface area contributed by atoms with Gasteiger partial charge in [0, 0.05) is 30.5 Å². The van der Waals surface area contributed by atoms with Crippen LogP contribution in [0.2, 0.25) is 0 Å². The Bertz CT molecular complexity index is 1500. The molecule has 0 aliphatic carbocycles. The predicted molar refractivity (Wildman–Crippen MR) is 154 cm³/mol. The van der Waals surface area contributed by atoms with Crippen LogP contribution in [0.4, 0.5) is 0 Å². The maximum atomic E-state index is 13.7. The van der Waals surface area contributed by atoms with Gasteiger partial charge in [-0.25, -0.2) is 15.0 Å². The zero-order valence-corrected chi connectivity index (χ0v) is 24.5. The van der Waals surface area contributed by atoms with Crippen LogP contribution in [0.1, 0.15) is 59.4 Å². The lowest BCUT2D eigenvalue weighted by Gasteiger charge is -2.52. The number of fused-ring (bicyclic) bond motifs is 1. The number of nitrogens with two attached hydrogens (primary N) is 2. The summed E-state index contributed by atoms with van der Waals surface area (Å²) >= 11 is 0. The van der Waals surface area contributed by atoms with Crippen LogP contribution in [0.3, 0.4) is 0 Å². The van der Waals surface area contributed by atoms with E-state index < -0.39 is 47.5 Å². The maximum Gasteiger partial charge on any atom is 0.289 e. The van der Waals surface area contributed by atoms with Gasteiger partial charge in [0.1, 0.15) is 17.6 Å². The van der Waals surface area contributed by atoms with Crippen LogP contribution in [0.25, 0.3) is 0 Å². The van der Waals surface area contributed by atoms with E-state index in [0.717, 1.165) is 17.0 Å². The summed E-state index contributed by atoms with van der Waals surface area (Å²) in [7, 11) is 0. The average Bonchev–Trinajstić information content (AvgIpc) is 3.36. The molecular weight excluding hydrogens is 556 g/mol. The first kappa shape index (κ1) is 29.2. The highest BCUT2D eigenvalue weighted by molar-refractivity contribution is 5.98. The molecule has 9 N–H and O–H groups in total. The number of nitrogens with zero attached hydrogens (tertiary/aromatic N) is 5. The Morgan fingerprint density at radius 1 is 1.23 bits per heavy atom. The van der Waals surface area contributed by atoms with Gasteiger partial charge in [-0.15, -0.1) is 5.06 Å². The lowest BCUT2D eigenvalue weighted by Crippen LogP contribution is -2.77. The van der Waals surface area contributed by atoms with E-state index in [1.54, 1.807) is 24.0 Å². The van der Waals surface area contributed by atoms with Crippen LogP contribution >= 0.6 is 0 Å². The summed E-state index contributed by atoms with van der Waals surface area (Å²) in [5.74, 6) is -0.432. The molecular formula is C28H38N10O5. The molecule has 1 aromatic heterocycles. The third-order valence-corrected chi connectivity index (χ3v) is 9.29. The number of nitrogens with one attached hydrogen (secondary N) is 3. The summed E-state index contributed by atoms with van der Waals surface area (Å²) in [6.45, 7) is 7.96. The van der Waals surface area contributed by atoms with E-state index in [9.17, 15) is 19.9 Å². The molecule has 2 fully saturated rings. The van der Waals surface area contributed by atoms with Crippen LogP contribution in [-0.2, 0) is 5.41 Å². The number of aryl methyl sites for hydroxylation is 1. The first-order valence-corrected chi connectivity index (χ1v) is 14.3. The fourth-order valence-electron chi connectivity index (χ4n) is 6.92. The van der Waals surface area contributed by atoms with Crippen LogP contribution < -0.4 is 32.2 Å². The van der Waals surface area contributed by atoms with Crippen molar-refractivity contribution in [2.45, 2.75) is 75.2 Å². The van der Waals surface area contributed by atoms with Gasteiger partial charge in [-0.1, -0.05) is 26.0 Å². The lowest BCUT2D eigenvalue weighted by molar-refractivity contribution is -0.260. The molecule has 6 rings (SSSR count). The number of guanidine groups is 1. The lowest BCUT2D eigenvalue weighted by atomic mass is 9.78. The molecule has 1 aromatic carbocycles. The van der Waals surface area contributed by atoms with Crippen LogP contribution in [0, 0.1) is 6.92 Å². The predicted octanol–water partition coefficient (Wildman–Crippen LogP) is -1.26. The number of hydrogen-bond acceptors (Lipinski definition) is 13. The van der Waals surface area contributed by atoms with Crippen molar-refractivity contribution >= 4 is 17.8 Å². The highest BCUT2D eigenvalue weighted by Crippen LogP contribution is 2.49. The van der Waals surface area contributed by atoms with Crippen molar-refractivity contribution in [3.8, 4) is 5.75 Å². The minimum atomic E-state index is -1.82. The molecule has 43 heavy (non-hydrogen) atoms. The molecule has 0 saturated carbocycles. The third kappa shape index (κ3) is 4.33. The van der Waals surface area contributed by atoms with Crippen molar-refractivity contribution in [3.63, 3.8) is 0 Å². The summed E-state index contributed by atoms with van der Waals surface area (Å²) in [5, 5.41) is 33.3. The number of carbonyl (C=O) groups excluding carboxylic acids is 2. The second-order valence-electron chi connectivity index (χ2n) is 12.4. The minimum Gasteiger partial charge on any atom is -0.492 e. The Morgan fingerprint density at radius 3 is 2.74 bits per heavy atom. The first-order valence-electron chi connectivity index (χ1n) is 14.3. The number of amides is 2. The highest BCUT2D eigenvalue weighted by atomic mass is 16.5. The van der Waals surface area contributed by atoms with Crippen molar-refractivity contribution in [1.82, 2.24) is 35.9 Å². The minimum absolute atomic E-state index is 0.00456. The second-order valence-corrected chi connectivity index (χ2v) is 12.4. The van der Waals surface area contributed by atoms with Gasteiger partial charge < -0.3 is 42.1 Å². The van der Waals surface area contributed by atoms with Gasteiger partial charge in [-0.2, -0.15) is 0 Å². The molecule has 2 saturated heterocycles. The molecule has 4 unspecified atom stereocenters. The van der Waals surface area contributed by atoms with Crippen LogP contribution in [0.5, 0.6) is 5.75 Å². The van der Waals surface area contributed by atoms with Crippen molar-refractivity contribution in [2.75, 3.05) is 19.7 Å². The fraction of sp³-hybridized carbons (Fsp3) is 0.536. The summed E-state index contributed by atoms with van der Waals surface area (Å²) in [6.07, 6.45) is 1.20. The molecule has 5 heterocycles. The number of aliphatic hydroxyl groups is 1. The number of para-hydroxylation sites is 1. The Morgan fingerprint density at radius 2 is 2.00 bits per heavy atom. The zero-order chi connectivity index (χ0) is 30.9. The van der Waals surface area contributed by atoms with Crippen molar-refractivity contribution < 1.29 is 24.6 Å². The van der Waals surface area contributed by atoms with Crippen molar-refractivity contribution in [2.24, 2.45) is 16.5 Å². The molecule has 2 aromatic rings. The van der Waals surface area contributed by atoms with Crippen LogP contribution in [0.15, 0.2) is 35.5 Å². The largest absolute Gasteiger partial charge is 0.492 e. The molecule has 15 nitrogen and oxygen atoms in total. The van der Waals surface area contributed by atoms with E-state index in [1.807, 2.05) is 12.1 Å². The Kier molecular flexibility index (Phi) is 6.85. The quantitative estimate of drug-likeness (QED) is 0.216. The number of carbonyl (C=O) groups is 2. The number of hydroxylamine groups is 2. The van der Waals surface area contributed by atoms with Gasteiger partial charge in [-0.05, 0) is 37.8 Å². The van der Waals surface area contributed by atoms with E-state index in [4.69, 9.17) is 16.2 Å². The smallest absolute Gasteiger partial charge is 0.289 e. The monoisotopic (exact) mass is 594 g/mol. The summed E-state index contributed by atoms with van der Waals surface area (Å²) in [4.78, 5) is 40.8. The summed E-state index contributed by atoms with van der Waals surface area (Å²) < 4.78 is 5.95. The number of aliphatic imine (C=N–C) groups is 1. The van der Waals surface area contributed by atoms with E-state index in [1.165, 1.54) is 13.1 Å². The molecule has 2 amide bonds. The van der Waals surface area contributed by atoms with E-state index in [0.29, 0.717) is 23.6 Å². The van der Waals surface area contributed by atoms with Gasteiger partial charge >= 0.3 is 0 Å². The number of rotatable bonds is 5. The molecule has 4 aliphatic heterocycles. The average molecular weight is 595 g/mol. The van der Waals surface area contributed by atoms with Crippen molar-refractivity contribution in [1.29, 1.82) is 0 Å². The maximum absolute atomic E-state index is 13.7. The second kappa shape index (κ2) is 10.1. The summed E-state index contributed by atoms with van der Waals surface area (Å²) in [5.41, 5.74) is 11.0. The molecule has 4 aliphatic rings. The number of ether oxygens (including phenoxy) is 1. The number of hydrogen-bond donors (Lipinski definition) is 7. The third-order valence-electron chi connectivity index (χ3n) is 9.29.